The number of hydrogen-bond acceptors (Lipinski definition) is 3. The summed E-state index contributed by atoms with van der Waals surface area (Å²) in [5, 5.41) is 3.54. The quantitative estimate of drug-likeness (QED) is 0.446. The molecule has 5 nitrogen and oxygen atoms in total. The summed E-state index contributed by atoms with van der Waals surface area (Å²) in [7, 11) is 3.56. The first-order chi connectivity index (χ1) is 12.1. The minimum Gasteiger partial charge on any atom is -0.382 e. The normalized spacial score (nSPS) is 19.3. The van der Waals surface area contributed by atoms with Gasteiger partial charge in [-0.2, -0.15) is 0 Å². The van der Waals surface area contributed by atoms with Gasteiger partial charge in [-0.05, 0) is 24.8 Å². The second-order valence-electron chi connectivity index (χ2n) is 6.91. The number of aryl methyl sites for hydroxylation is 1. The van der Waals surface area contributed by atoms with Gasteiger partial charge in [-0.25, -0.2) is 0 Å². The molecular formula is C20H33N3O2. The van der Waals surface area contributed by atoms with Gasteiger partial charge in [0.2, 0.25) is 0 Å². The lowest BCUT2D eigenvalue weighted by atomic mass is 10.0. The first-order valence-electron chi connectivity index (χ1n) is 9.23. The maximum atomic E-state index is 5.67. The molecule has 0 amide bonds. The predicted octanol–water partition coefficient (Wildman–Crippen LogP) is 2.66. The average molecular weight is 348 g/mol. The summed E-state index contributed by atoms with van der Waals surface area (Å²) >= 11 is 0. The molecule has 0 aromatic heterocycles. The zero-order valence-electron chi connectivity index (χ0n) is 16.1. The molecule has 25 heavy (non-hydrogen) atoms. The van der Waals surface area contributed by atoms with E-state index in [1.165, 1.54) is 11.1 Å². The van der Waals surface area contributed by atoms with Gasteiger partial charge in [-0.15, -0.1) is 0 Å². The van der Waals surface area contributed by atoms with E-state index in [1.807, 2.05) is 7.05 Å². The van der Waals surface area contributed by atoms with Gasteiger partial charge < -0.3 is 19.7 Å². The highest BCUT2D eigenvalue weighted by atomic mass is 16.5. The van der Waals surface area contributed by atoms with E-state index in [2.05, 4.69) is 53.3 Å². The maximum Gasteiger partial charge on any atom is 0.193 e. The number of benzene rings is 1. The third-order valence-corrected chi connectivity index (χ3v) is 4.80. The molecule has 140 valence electrons. The van der Waals surface area contributed by atoms with Crippen molar-refractivity contribution in [2.75, 3.05) is 53.6 Å². The molecule has 2 rings (SSSR count). The SMILES string of the molecule is CN=C(NCC(C)c1ccc(C)cc1)N1CCC(COCCOC)C1. The minimum atomic E-state index is 0.452. The molecule has 0 aliphatic carbocycles. The van der Waals surface area contributed by atoms with Crippen LogP contribution in [0.25, 0.3) is 0 Å². The molecule has 2 unspecified atom stereocenters. The van der Waals surface area contributed by atoms with Crippen LogP contribution >= 0.6 is 0 Å². The number of likely N-dealkylation sites (tertiary alicyclic amines) is 1. The zero-order valence-corrected chi connectivity index (χ0v) is 16.1. The van der Waals surface area contributed by atoms with E-state index in [1.54, 1.807) is 7.11 Å². The minimum absolute atomic E-state index is 0.452. The fourth-order valence-corrected chi connectivity index (χ4v) is 3.14. The largest absolute Gasteiger partial charge is 0.382 e. The Kier molecular flexibility index (Phi) is 8.22. The zero-order chi connectivity index (χ0) is 18.1. The lowest BCUT2D eigenvalue weighted by Gasteiger charge is -2.23. The van der Waals surface area contributed by atoms with E-state index in [4.69, 9.17) is 9.47 Å². The third kappa shape index (κ3) is 6.33. The van der Waals surface area contributed by atoms with E-state index < -0.39 is 0 Å². The summed E-state index contributed by atoms with van der Waals surface area (Å²) in [6.45, 7) is 9.45. The Balaban J connectivity index is 1.76. The van der Waals surface area contributed by atoms with E-state index in [-0.39, 0.29) is 0 Å². The Hall–Kier alpha value is -1.59. The molecule has 1 saturated heterocycles. The Morgan fingerprint density at radius 3 is 2.76 bits per heavy atom. The molecule has 1 aromatic carbocycles. The number of methoxy groups -OCH3 is 1. The van der Waals surface area contributed by atoms with Gasteiger partial charge in [0.1, 0.15) is 0 Å². The summed E-state index contributed by atoms with van der Waals surface area (Å²) in [5.41, 5.74) is 2.66. The van der Waals surface area contributed by atoms with Gasteiger partial charge in [0.05, 0.1) is 19.8 Å². The lowest BCUT2D eigenvalue weighted by Crippen LogP contribution is -2.41. The van der Waals surface area contributed by atoms with Crippen molar-refractivity contribution in [3.05, 3.63) is 35.4 Å². The van der Waals surface area contributed by atoms with Crippen molar-refractivity contribution in [2.45, 2.75) is 26.2 Å². The second-order valence-corrected chi connectivity index (χ2v) is 6.91. The fraction of sp³-hybridized carbons (Fsp3) is 0.650. The first kappa shape index (κ1) is 19.7. The molecule has 0 spiro atoms. The monoisotopic (exact) mass is 347 g/mol. The number of guanidine groups is 1. The van der Waals surface area contributed by atoms with Crippen LogP contribution in [0.1, 0.15) is 30.4 Å². The molecule has 1 aromatic rings. The highest BCUT2D eigenvalue weighted by molar-refractivity contribution is 5.80. The van der Waals surface area contributed by atoms with E-state index in [0.29, 0.717) is 25.0 Å². The smallest absolute Gasteiger partial charge is 0.193 e. The van der Waals surface area contributed by atoms with Crippen LogP contribution in [-0.4, -0.2) is 64.5 Å². The number of nitrogens with one attached hydrogen (secondary N) is 1. The van der Waals surface area contributed by atoms with Gasteiger partial charge in [0, 0.05) is 39.7 Å². The van der Waals surface area contributed by atoms with Crippen LogP contribution < -0.4 is 5.32 Å². The molecule has 0 saturated carbocycles. The van der Waals surface area contributed by atoms with Crippen LogP contribution in [0.5, 0.6) is 0 Å². The molecule has 1 heterocycles. The molecular weight excluding hydrogens is 314 g/mol. The molecule has 1 aliphatic rings. The first-order valence-corrected chi connectivity index (χ1v) is 9.23. The van der Waals surface area contributed by atoms with E-state index in [9.17, 15) is 0 Å². The molecule has 0 radical (unpaired) electrons. The molecule has 1 N–H and O–H groups in total. The van der Waals surface area contributed by atoms with Crippen molar-refractivity contribution in [1.29, 1.82) is 0 Å². The highest BCUT2D eigenvalue weighted by Crippen LogP contribution is 2.18. The van der Waals surface area contributed by atoms with Crippen molar-refractivity contribution in [2.24, 2.45) is 10.9 Å². The molecule has 1 fully saturated rings. The van der Waals surface area contributed by atoms with Crippen LogP contribution in [0.3, 0.4) is 0 Å². The maximum absolute atomic E-state index is 5.67. The van der Waals surface area contributed by atoms with Gasteiger partial charge in [-0.3, -0.25) is 4.99 Å². The Bertz CT molecular complexity index is 530. The summed E-state index contributed by atoms with van der Waals surface area (Å²) < 4.78 is 10.7. The molecule has 1 aliphatic heterocycles. The van der Waals surface area contributed by atoms with Gasteiger partial charge >= 0.3 is 0 Å². The molecule has 2 atom stereocenters. The van der Waals surface area contributed by atoms with Crippen LogP contribution in [-0.2, 0) is 9.47 Å². The summed E-state index contributed by atoms with van der Waals surface area (Å²) in [4.78, 5) is 6.80. The van der Waals surface area contributed by atoms with Crippen molar-refractivity contribution in [3.63, 3.8) is 0 Å². The number of aliphatic imine (C=N–C) groups is 1. The lowest BCUT2D eigenvalue weighted by molar-refractivity contribution is 0.0536. The topological polar surface area (TPSA) is 46.1 Å². The summed E-state index contributed by atoms with van der Waals surface area (Å²) in [5.74, 6) is 2.02. The average Bonchev–Trinajstić information content (AvgIpc) is 3.08. The summed E-state index contributed by atoms with van der Waals surface area (Å²) in [6, 6.07) is 8.78. The number of rotatable bonds is 8. The highest BCUT2D eigenvalue weighted by Gasteiger charge is 2.25. The second kappa shape index (κ2) is 10.4. The van der Waals surface area contributed by atoms with Crippen LogP contribution in [0.15, 0.2) is 29.3 Å². The molecule has 0 bridgehead atoms. The number of nitrogens with zero attached hydrogens (tertiary/aromatic N) is 2. The molecule has 5 heteroatoms. The Morgan fingerprint density at radius 2 is 2.08 bits per heavy atom. The summed E-state index contributed by atoms with van der Waals surface area (Å²) in [6.07, 6.45) is 1.15. The number of ether oxygens (including phenoxy) is 2. The van der Waals surface area contributed by atoms with Crippen molar-refractivity contribution >= 4 is 5.96 Å². The Labute approximate surface area is 152 Å². The van der Waals surface area contributed by atoms with Crippen molar-refractivity contribution in [3.8, 4) is 0 Å². The van der Waals surface area contributed by atoms with E-state index in [0.717, 1.165) is 38.6 Å². The van der Waals surface area contributed by atoms with Crippen LogP contribution in [0.4, 0.5) is 0 Å². The standard InChI is InChI=1S/C20H33N3O2/c1-16-5-7-19(8-6-16)17(2)13-22-20(21-3)23-10-9-18(14-23)15-25-12-11-24-4/h5-8,17-18H,9-15H2,1-4H3,(H,21,22). The van der Waals surface area contributed by atoms with Gasteiger partial charge in [0.25, 0.3) is 0 Å². The van der Waals surface area contributed by atoms with Gasteiger partial charge in [-0.1, -0.05) is 36.8 Å². The third-order valence-electron chi connectivity index (χ3n) is 4.80. The van der Waals surface area contributed by atoms with Crippen molar-refractivity contribution in [1.82, 2.24) is 10.2 Å². The van der Waals surface area contributed by atoms with Gasteiger partial charge in [0.15, 0.2) is 5.96 Å². The van der Waals surface area contributed by atoms with E-state index >= 15 is 0 Å². The van der Waals surface area contributed by atoms with Crippen LogP contribution in [0, 0.1) is 12.8 Å². The number of hydrogen-bond donors (Lipinski definition) is 1. The van der Waals surface area contributed by atoms with Crippen molar-refractivity contribution < 1.29 is 9.47 Å². The van der Waals surface area contributed by atoms with Crippen LogP contribution in [0.2, 0.25) is 0 Å². The fourth-order valence-electron chi connectivity index (χ4n) is 3.14. The predicted molar refractivity (Wildman–Crippen MR) is 103 cm³/mol. The Morgan fingerprint density at radius 1 is 1.32 bits per heavy atom.